The van der Waals surface area contributed by atoms with Gasteiger partial charge >= 0.3 is 6.18 Å². The predicted molar refractivity (Wildman–Crippen MR) is 87.7 cm³/mol. The van der Waals surface area contributed by atoms with E-state index in [-0.39, 0.29) is 5.75 Å². The molecule has 0 spiro atoms. The molecule has 0 aliphatic carbocycles. The highest BCUT2D eigenvalue weighted by atomic mass is 19.4. The van der Waals surface area contributed by atoms with Crippen molar-refractivity contribution in [3.05, 3.63) is 59.7 Å². The lowest BCUT2D eigenvalue weighted by atomic mass is 10.1. The van der Waals surface area contributed by atoms with Crippen LogP contribution in [-0.4, -0.2) is 31.5 Å². The topological polar surface area (TPSA) is 50.7 Å². The molecule has 2 N–H and O–H groups in total. The summed E-state index contributed by atoms with van der Waals surface area (Å²) in [6.45, 7) is -0.482. The molecule has 0 radical (unpaired) electrons. The maximum Gasteiger partial charge on any atom is 0.422 e. The van der Waals surface area contributed by atoms with Crippen LogP contribution in [0.1, 0.15) is 17.2 Å². The summed E-state index contributed by atoms with van der Waals surface area (Å²) < 4.78 is 46.0. The second kappa shape index (κ2) is 8.73. The number of hydrogen-bond donors (Lipinski definition) is 2. The number of aliphatic hydroxyl groups excluding tert-OH is 1. The summed E-state index contributed by atoms with van der Waals surface area (Å²) in [6, 6.07) is 13.5. The van der Waals surface area contributed by atoms with Crippen molar-refractivity contribution in [3.63, 3.8) is 0 Å². The van der Waals surface area contributed by atoms with Gasteiger partial charge < -0.3 is 19.9 Å². The van der Waals surface area contributed by atoms with Gasteiger partial charge in [-0.15, -0.1) is 0 Å². The van der Waals surface area contributed by atoms with Gasteiger partial charge in [-0.05, 0) is 35.4 Å². The molecule has 0 aromatic heterocycles. The molecule has 0 amide bonds. The van der Waals surface area contributed by atoms with Crippen LogP contribution >= 0.6 is 0 Å². The zero-order valence-electron chi connectivity index (χ0n) is 13.7. The second-order valence-electron chi connectivity index (χ2n) is 5.47. The minimum absolute atomic E-state index is 0.166. The van der Waals surface area contributed by atoms with E-state index in [0.717, 1.165) is 16.9 Å². The Kier molecular flexibility index (Phi) is 6.66. The first-order valence-corrected chi connectivity index (χ1v) is 7.68. The Morgan fingerprint density at radius 2 is 1.60 bits per heavy atom. The lowest BCUT2D eigenvalue weighted by Gasteiger charge is -2.13. The molecule has 2 rings (SSSR count). The van der Waals surface area contributed by atoms with Crippen LogP contribution in [0.2, 0.25) is 0 Å². The Bertz CT molecular complexity index is 642. The molecule has 1 unspecified atom stereocenters. The average molecular weight is 355 g/mol. The standard InChI is InChI=1S/C18H20F3NO3/c1-24-15-8-4-14(5-9-15)17(23)11-22-10-13-2-6-16(7-3-13)25-12-18(19,20)21/h2-9,17,22-23H,10-12H2,1H3. The first-order valence-electron chi connectivity index (χ1n) is 7.68. The molecule has 0 saturated carbocycles. The Labute approximate surface area is 144 Å². The summed E-state index contributed by atoms with van der Waals surface area (Å²) in [5.74, 6) is 0.885. The molecule has 1 atom stereocenters. The summed E-state index contributed by atoms with van der Waals surface area (Å²) in [4.78, 5) is 0. The van der Waals surface area contributed by atoms with Crippen LogP contribution in [0.3, 0.4) is 0 Å². The normalized spacial score (nSPS) is 12.7. The third-order valence-corrected chi connectivity index (χ3v) is 3.49. The molecule has 4 nitrogen and oxygen atoms in total. The fraction of sp³-hybridized carbons (Fsp3) is 0.333. The van der Waals surface area contributed by atoms with Crippen LogP contribution in [0, 0.1) is 0 Å². The largest absolute Gasteiger partial charge is 0.497 e. The Morgan fingerprint density at radius 1 is 1.00 bits per heavy atom. The third-order valence-electron chi connectivity index (χ3n) is 3.49. The first kappa shape index (κ1) is 19.1. The molecule has 136 valence electrons. The first-order chi connectivity index (χ1) is 11.9. The number of alkyl halides is 3. The minimum Gasteiger partial charge on any atom is -0.497 e. The molecule has 0 aliphatic heterocycles. The smallest absolute Gasteiger partial charge is 0.422 e. The molecule has 0 aliphatic rings. The van der Waals surface area contributed by atoms with Crippen molar-refractivity contribution in [2.24, 2.45) is 0 Å². The van der Waals surface area contributed by atoms with Gasteiger partial charge in [-0.25, -0.2) is 0 Å². The summed E-state index contributed by atoms with van der Waals surface area (Å²) >= 11 is 0. The van der Waals surface area contributed by atoms with E-state index in [0.29, 0.717) is 13.1 Å². The fourth-order valence-corrected chi connectivity index (χ4v) is 2.17. The van der Waals surface area contributed by atoms with E-state index in [4.69, 9.17) is 4.74 Å². The monoisotopic (exact) mass is 355 g/mol. The van der Waals surface area contributed by atoms with E-state index in [1.807, 2.05) is 0 Å². The Morgan fingerprint density at radius 3 is 2.16 bits per heavy atom. The van der Waals surface area contributed by atoms with E-state index >= 15 is 0 Å². The van der Waals surface area contributed by atoms with Gasteiger partial charge in [0.05, 0.1) is 13.2 Å². The van der Waals surface area contributed by atoms with Crippen LogP contribution in [-0.2, 0) is 6.54 Å². The zero-order valence-corrected chi connectivity index (χ0v) is 13.7. The van der Waals surface area contributed by atoms with Gasteiger partial charge in [-0.3, -0.25) is 0 Å². The number of nitrogens with one attached hydrogen (secondary N) is 1. The van der Waals surface area contributed by atoms with E-state index in [2.05, 4.69) is 10.1 Å². The Hall–Kier alpha value is -2.25. The average Bonchev–Trinajstić information content (AvgIpc) is 2.60. The number of benzene rings is 2. The maximum atomic E-state index is 12.1. The van der Waals surface area contributed by atoms with Crippen LogP contribution in [0.5, 0.6) is 11.5 Å². The van der Waals surface area contributed by atoms with Crippen LogP contribution in [0.25, 0.3) is 0 Å². The predicted octanol–water partition coefficient (Wildman–Crippen LogP) is 3.46. The molecule has 0 fully saturated rings. The van der Waals surface area contributed by atoms with Gasteiger partial charge in [-0.2, -0.15) is 13.2 Å². The number of hydrogen-bond acceptors (Lipinski definition) is 4. The highest BCUT2D eigenvalue weighted by Crippen LogP contribution is 2.19. The second-order valence-corrected chi connectivity index (χ2v) is 5.47. The van der Waals surface area contributed by atoms with Gasteiger partial charge in [0.25, 0.3) is 0 Å². The molecular formula is C18H20F3NO3. The van der Waals surface area contributed by atoms with Crippen molar-refractivity contribution in [1.29, 1.82) is 0 Å². The summed E-state index contributed by atoms with van der Waals surface area (Å²) in [5, 5.41) is 13.2. The Balaban J connectivity index is 1.77. The zero-order chi connectivity index (χ0) is 18.3. The van der Waals surface area contributed by atoms with Crippen molar-refractivity contribution in [3.8, 4) is 11.5 Å². The van der Waals surface area contributed by atoms with Gasteiger partial charge in [0, 0.05) is 13.1 Å². The highest BCUT2D eigenvalue weighted by molar-refractivity contribution is 5.29. The van der Waals surface area contributed by atoms with Crippen molar-refractivity contribution >= 4 is 0 Å². The lowest BCUT2D eigenvalue weighted by molar-refractivity contribution is -0.153. The van der Waals surface area contributed by atoms with Gasteiger partial charge in [0.1, 0.15) is 11.5 Å². The molecule has 0 bridgehead atoms. The molecular weight excluding hydrogens is 335 g/mol. The van der Waals surface area contributed by atoms with Gasteiger partial charge in [0.15, 0.2) is 6.61 Å². The minimum atomic E-state index is -4.35. The van der Waals surface area contributed by atoms with Gasteiger partial charge in [-0.1, -0.05) is 24.3 Å². The quantitative estimate of drug-likeness (QED) is 0.761. The molecule has 2 aromatic rings. The molecule has 25 heavy (non-hydrogen) atoms. The summed E-state index contributed by atoms with van der Waals surface area (Å²) in [5.41, 5.74) is 1.64. The van der Waals surface area contributed by atoms with Gasteiger partial charge in [0.2, 0.25) is 0 Å². The van der Waals surface area contributed by atoms with E-state index < -0.39 is 18.9 Å². The number of methoxy groups -OCH3 is 1. The van der Waals surface area contributed by atoms with E-state index in [1.54, 1.807) is 43.5 Å². The van der Waals surface area contributed by atoms with Crippen molar-refractivity contribution in [2.75, 3.05) is 20.3 Å². The van der Waals surface area contributed by atoms with E-state index in [1.165, 1.54) is 12.1 Å². The van der Waals surface area contributed by atoms with Crippen LogP contribution < -0.4 is 14.8 Å². The maximum absolute atomic E-state index is 12.1. The van der Waals surface area contributed by atoms with Crippen molar-refractivity contribution in [2.45, 2.75) is 18.8 Å². The van der Waals surface area contributed by atoms with Crippen molar-refractivity contribution < 1.29 is 27.8 Å². The molecule has 0 heterocycles. The molecule has 0 saturated heterocycles. The number of halogens is 3. The fourth-order valence-electron chi connectivity index (χ4n) is 2.17. The van der Waals surface area contributed by atoms with Crippen molar-refractivity contribution in [1.82, 2.24) is 5.32 Å². The number of ether oxygens (including phenoxy) is 2. The molecule has 2 aromatic carbocycles. The van der Waals surface area contributed by atoms with Crippen LogP contribution in [0.4, 0.5) is 13.2 Å². The number of aliphatic hydroxyl groups is 1. The molecule has 7 heteroatoms. The summed E-state index contributed by atoms with van der Waals surface area (Å²) in [7, 11) is 1.58. The van der Waals surface area contributed by atoms with E-state index in [9.17, 15) is 18.3 Å². The SMILES string of the molecule is COc1ccc(C(O)CNCc2ccc(OCC(F)(F)F)cc2)cc1. The lowest BCUT2D eigenvalue weighted by Crippen LogP contribution is -2.21. The summed E-state index contributed by atoms with van der Waals surface area (Å²) in [6.07, 6.45) is -5.02. The number of rotatable bonds is 8. The third kappa shape index (κ3) is 6.64. The highest BCUT2D eigenvalue weighted by Gasteiger charge is 2.28. The van der Waals surface area contributed by atoms with Crippen LogP contribution in [0.15, 0.2) is 48.5 Å².